The van der Waals surface area contributed by atoms with Crippen molar-refractivity contribution in [1.82, 2.24) is 14.9 Å². The molecule has 1 N–H and O–H groups in total. The number of halogens is 3. The van der Waals surface area contributed by atoms with Gasteiger partial charge in [0, 0.05) is 19.3 Å². The largest absolute Gasteiger partial charge is 0.418 e. The first-order valence-corrected chi connectivity index (χ1v) is 8.51. The number of hydrogen-bond acceptors (Lipinski definition) is 4. The highest BCUT2D eigenvalue weighted by Gasteiger charge is 2.33. The van der Waals surface area contributed by atoms with Crippen LogP contribution in [0.25, 0.3) is 0 Å². The zero-order valence-electron chi connectivity index (χ0n) is 14.1. The van der Waals surface area contributed by atoms with Crippen LogP contribution in [0.1, 0.15) is 41.7 Å². The Morgan fingerprint density at radius 3 is 2.42 bits per heavy atom. The Kier molecular flexibility index (Phi) is 5.39. The lowest BCUT2D eigenvalue weighted by Gasteiger charge is -2.20. The smallest absolute Gasteiger partial charge is 0.337 e. The average Bonchev–Trinajstić information content (AvgIpc) is 2.90. The molecule has 1 fully saturated rings. The number of benzene rings is 1. The van der Waals surface area contributed by atoms with Crippen LogP contribution in [0.2, 0.25) is 0 Å². The number of likely N-dealkylation sites (tertiary alicyclic amines) is 1. The number of anilines is 2. The standard InChI is InChI=1S/C18H19F3N4O/c19-18(20,21)13-7-3-4-8-14(13)23-17-22-10-9-15(24-17)16(26)25-11-5-1-2-6-12-25/h3-4,7-10H,1-2,5-6,11-12H2,(H,22,23,24). The fraction of sp³-hybridized carbons (Fsp3) is 0.389. The first-order valence-electron chi connectivity index (χ1n) is 8.51. The molecule has 0 saturated carbocycles. The van der Waals surface area contributed by atoms with E-state index in [1.165, 1.54) is 30.5 Å². The zero-order valence-corrected chi connectivity index (χ0v) is 14.1. The summed E-state index contributed by atoms with van der Waals surface area (Å²) in [5, 5.41) is 2.58. The SMILES string of the molecule is O=C(c1ccnc(Nc2ccccc2C(F)(F)F)n1)N1CCCCCC1. The Hall–Kier alpha value is -2.64. The molecule has 5 nitrogen and oxygen atoms in total. The number of alkyl halides is 3. The van der Waals surface area contributed by atoms with Gasteiger partial charge in [-0.2, -0.15) is 13.2 Å². The van der Waals surface area contributed by atoms with E-state index in [1.807, 2.05) is 0 Å². The van der Waals surface area contributed by atoms with Crippen molar-refractivity contribution in [2.75, 3.05) is 18.4 Å². The highest BCUT2D eigenvalue weighted by molar-refractivity contribution is 5.92. The van der Waals surface area contributed by atoms with Crippen LogP contribution in [-0.4, -0.2) is 33.9 Å². The van der Waals surface area contributed by atoms with Gasteiger partial charge in [0.05, 0.1) is 11.3 Å². The molecule has 2 heterocycles. The lowest BCUT2D eigenvalue weighted by molar-refractivity contribution is -0.136. The van der Waals surface area contributed by atoms with Crippen LogP contribution in [0.4, 0.5) is 24.8 Å². The van der Waals surface area contributed by atoms with Crippen molar-refractivity contribution < 1.29 is 18.0 Å². The van der Waals surface area contributed by atoms with Crippen LogP contribution in [0.15, 0.2) is 36.5 Å². The Bertz CT molecular complexity index is 771. The lowest BCUT2D eigenvalue weighted by Crippen LogP contribution is -2.32. The molecule has 0 atom stereocenters. The summed E-state index contributed by atoms with van der Waals surface area (Å²) in [5.74, 6) is -0.260. The first-order chi connectivity index (χ1) is 12.4. The van der Waals surface area contributed by atoms with Gasteiger partial charge in [0.1, 0.15) is 5.69 Å². The van der Waals surface area contributed by atoms with E-state index in [0.717, 1.165) is 31.7 Å². The summed E-state index contributed by atoms with van der Waals surface area (Å²) in [7, 11) is 0. The maximum absolute atomic E-state index is 13.1. The summed E-state index contributed by atoms with van der Waals surface area (Å²) in [6.07, 6.45) is 0.949. The van der Waals surface area contributed by atoms with Crippen LogP contribution in [0, 0.1) is 0 Å². The highest BCUT2D eigenvalue weighted by Crippen LogP contribution is 2.35. The van der Waals surface area contributed by atoms with E-state index in [0.29, 0.717) is 13.1 Å². The molecule has 1 aliphatic rings. The van der Waals surface area contributed by atoms with E-state index < -0.39 is 11.7 Å². The summed E-state index contributed by atoms with van der Waals surface area (Å²) < 4.78 is 39.3. The highest BCUT2D eigenvalue weighted by atomic mass is 19.4. The molecule has 1 aliphatic heterocycles. The van der Waals surface area contributed by atoms with Crippen LogP contribution < -0.4 is 5.32 Å². The fourth-order valence-electron chi connectivity index (χ4n) is 2.93. The van der Waals surface area contributed by atoms with Gasteiger partial charge in [0.25, 0.3) is 5.91 Å². The number of nitrogens with zero attached hydrogens (tertiary/aromatic N) is 3. The van der Waals surface area contributed by atoms with Crippen molar-refractivity contribution in [3.05, 3.63) is 47.8 Å². The molecular formula is C18H19F3N4O. The van der Waals surface area contributed by atoms with E-state index in [4.69, 9.17) is 0 Å². The summed E-state index contributed by atoms with van der Waals surface area (Å²) >= 11 is 0. The summed E-state index contributed by atoms with van der Waals surface area (Å²) in [5.41, 5.74) is -0.791. The van der Waals surface area contributed by atoms with E-state index >= 15 is 0 Å². The summed E-state index contributed by atoms with van der Waals surface area (Å²) in [6.45, 7) is 1.34. The second-order valence-corrected chi connectivity index (χ2v) is 6.14. The summed E-state index contributed by atoms with van der Waals surface area (Å²) in [6, 6.07) is 6.57. The molecule has 0 aliphatic carbocycles. The molecule has 0 radical (unpaired) electrons. The minimum atomic E-state index is -4.50. The number of hydrogen-bond donors (Lipinski definition) is 1. The topological polar surface area (TPSA) is 58.1 Å². The van der Waals surface area contributed by atoms with Crippen molar-refractivity contribution >= 4 is 17.5 Å². The predicted octanol–water partition coefficient (Wildman–Crippen LogP) is 4.26. The van der Waals surface area contributed by atoms with Crippen molar-refractivity contribution in [1.29, 1.82) is 0 Å². The molecule has 3 rings (SSSR count). The van der Waals surface area contributed by atoms with Gasteiger partial charge in [-0.1, -0.05) is 25.0 Å². The third-order valence-corrected chi connectivity index (χ3v) is 4.25. The van der Waals surface area contributed by atoms with Crippen LogP contribution in [0.3, 0.4) is 0 Å². The van der Waals surface area contributed by atoms with Crippen molar-refractivity contribution in [3.63, 3.8) is 0 Å². The van der Waals surface area contributed by atoms with Gasteiger partial charge < -0.3 is 10.2 Å². The molecule has 1 aromatic heterocycles. The predicted molar refractivity (Wildman–Crippen MR) is 91.1 cm³/mol. The average molecular weight is 364 g/mol. The van der Waals surface area contributed by atoms with E-state index in [2.05, 4.69) is 15.3 Å². The molecule has 2 aromatic rings. The number of rotatable bonds is 3. The molecule has 1 amide bonds. The number of para-hydroxylation sites is 1. The number of amides is 1. The second-order valence-electron chi connectivity index (χ2n) is 6.14. The minimum Gasteiger partial charge on any atom is -0.337 e. The molecule has 1 aromatic carbocycles. The van der Waals surface area contributed by atoms with E-state index in [9.17, 15) is 18.0 Å². The summed E-state index contributed by atoms with van der Waals surface area (Å²) in [4.78, 5) is 22.4. The molecule has 1 saturated heterocycles. The van der Waals surface area contributed by atoms with Gasteiger partial charge in [-0.3, -0.25) is 4.79 Å². The van der Waals surface area contributed by atoms with Gasteiger partial charge in [0.2, 0.25) is 5.95 Å². The monoisotopic (exact) mass is 364 g/mol. The molecule has 0 unspecified atom stereocenters. The van der Waals surface area contributed by atoms with Gasteiger partial charge in [-0.25, -0.2) is 9.97 Å². The Morgan fingerprint density at radius 2 is 1.73 bits per heavy atom. The Labute approximate surface area is 149 Å². The maximum atomic E-state index is 13.1. The third-order valence-electron chi connectivity index (χ3n) is 4.25. The van der Waals surface area contributed by atoms with Crippen molar-refractivity contribution in [2.45, 2.75) is 31.9 Å². The van der Waals surface area contributed by atoms with E-state index in [-0.39, 0.29) is 23.2 Å². The van der Waals surface area contributed by atoms with Gasteiger partial charge in [-0.05, 0) is 31.0 Å². The third kappa shape index (κ3) is 4.30. The number of carbonyl (C=O) groups excluding carboxylic acids is 1. The van der Waals surface area contributed by atoms with Crippen molar-refractivity contribution in [3.8, 4) is 0 Å². The quantitative estimate of drug-likeness (QED) is 0.884. The molecule has 0 bridgehead atoms. The normalized spacial score (nSPS) is 15.4. The minimum absolute atomic E-state index is 0.0395. The van der Waals surface area contributed by atoms with Crippen molar-refractivity contribution in [2.24, 2.45) is 0 Å². The first kappa shape index (κ1) is 18.2. The van der Waals surface area contributed by atoms with Crippen LogP contribution in [-0.2, 0) is 6.18 Å². The number of aromatic nitrogens is 2. The van der Waals surface area contributed by atoms with Gasteiger partial charge in [0.15, 0.2) is 0 Å². The van der Waals surface area contributed by atoms with Crippen LogP contribution in [0.5, 0.6) is 0 Å². The molecule has 8 heteroatoms. The Morgan fingerprint density at radius 1 is 1.04 bits per heavy atom. The maximum Gasteiger partial charge on any atom is 0.418 e. The van der Waals surface area contributed by atoms with Gasteiger partial charge >= 0.3 is 6.18 Å². The Balaban J connectivity index is 1.81. The molecular weight excluding hydrogens is 345 g/mol. The van der Waals surface area contributed by atoms with Gasteiger partial charge in [-0.15, -0.1) is 0 Å². The number of nitrogens with one attached hydrogen (secondary N) is 1. The molecule has 138 valence electrons. The number of carbonyl (C=O) groups is 1. The molecule has 0 spiro atoms. The molecule has 26 heavy (non-hydrogen) atoms. The lowest BCUT2D eigenvalue weighted by atomic mass is 10.1. The second kappa shape index (κ2) is 7.72. The van der Waals surface area contributed by atoms with Crippen LogP contribution >= 0.6 is 0 Å². The fourth-order valence-corrected chi connectivity index (χ4v) is 2.93. The van der Waals surface area contributed by atoms with E-state index in [1.54, 1.807) is 4.90 Å². The zero-order chi connectivity index (χ0) is 18.6.